The largest absolute Gasteiger partial charge is 0.506 e. The third kappa shape index (κ3) is 5.71. The summed E-state index contributed by atoms with van der Waals surface area (Å²) in [6, 6.07) is 0. The number of unbranched alkanes of at least 4 members (excludes halogenated alkanes) is 2. The molecule has 0 aliphatic carbocycles. The lowest BCUT2D eigenvalue weighted by molar-refractivity contribution is 0.498. The monoisotopic (exact) mass is 140 g/mol. The highest BCUT2D eigenvalue weighted by Crippen LogP contribution is 2.10. The van der Waals surface area contributed by atoms with Gasteiger partial charge in [-0.3, -0.25) is 0 Å². The maximum absolute atomic E-state index is 9.78. The van der Waals surface area contributed by atoms with Crippen LogP contribution in [-0.2, 0) is 4.79 Å². The lowest BCUT2D eigenvalue weighted by atomic mass is 10.0. The molecule has 1 heteroatoms. The summed E-state index contributed by atoms with van der Waals surface area (Å²) >= 11 is 0. The van der Waals surface area contributed by atoms with Crippen molar-refractivity contribution in [3.05, 3.63) is 6.92 Å². The molecule has 0 bridgehead atoms. The molecule has 1 unspecified atom stereocenters. The number of hydrogen-bond acceptors (Lipinski definition) is 1. The smallest absolute Gasteiger partial charge is 0.0625 e. The fourth-order valence-electron chi connectivity index (χ4n) is 0.834. The molecule has 1 nitrogen and oxygen atoms in total. The molecule has 0 spiro atoms. The van der Waals surface area contributed by atoms with Gasteiger partial charge in [0.25, 0.3) is 0 Å². The van der Waals surface area contributed by atoms with E-state index in [0.717, 1.165) is 19.3 Å². The van der Waals surface area contributed by atoms with Gasteiger partial charge >= 0.3 is 6.29 Å². The second-order valence-electron chi connectivity index (χ2n) is 2.78. The summed E-state index contributed by atoms with van der Waals surface area (Å²) in [7, 11) is 0. The van der Waals surface area contributed by atoms with E-state index >= 15 is 0 Å². The third-order valence-electron chi connectivity index (χ3n) is 1.72. The number of rotatable bonds is 6. The zero-order valence-electron chi connectivity index (χ0n) is 6.73. The second kappa shape index (κ2) is 6.70. The third-order valence-corrected chi connectivity index (χ3v) is 1.72. The van der Waals surface area contributed by atoms with Gasteiger partial charge in [-0.05, 0) is 12.3 Å². The molecule has 10 heavy (non-hydrogen) atoms. The van der Waals surface area contributed by atoms with Crippen LogP contribution in [0.1, 0.15) is 39.0 Å². The maximum atomic E-state index is 9.78. The summed E-state index contributed by atoms with van der Waals surface area (Å²) in [4.78, 5) is 9.78. The number of carbonyl (C=O) groups excluding carboxylic acids is 1. The highest BCUT2D eigenvalue weighted by molar-refractivity contribution is 5.50. The highest BCUT2D eigenvalue weighted by Gasteiger charge is 2.01. The molecule has 57 valence electrons. The van der Waals surface area contributed by atoms with E-state index in [4.69, 9.17) is 0 Å². The Balaban J connectivity index is 2.95. The van der Waals surface area contributed by atoms with Crippen molar-refractivity contribution >= 4 is 6.29 Å². The standard InChI is InChI=1S/C9H16O/c1-3-9(2)7-5-4-6-8-10/h9H,1,3-7H2,2H3/q+1. The zero-order chi connectivity index (χ0) is 7.82. The summed E-state index contributed by atoms with van der Waals surface area (Å²) in [5.41, 5.74) is 0. The first kappa shape index (κ1) is 9.58. The van der Waals surface area contributed by atoms with Gasteiger partial charge in [0.2, 0.25) is 6.42 Å². The minimum atomic E-state index is 0.601. The Morgan fingerprint density at radius 2 is 2.20 bits per heavy atom. The van der Waals surface area contributed by atoms with Crippen LogP contribution in [0, 0.1) is 12.8 Å². The van der Waals surface area contributed by atoms with Crippen LogP contribution in [0.5, 0.6) is 0 Å². The summed E-state index contributed by atoms with van der Waals surface area (Å²) < 4.78 is 0. The predicted molar refractivity (Wildman–Crippen MR) is 43.3 cm³/mol. The van der Waals surface area contributed by atoms with Crippen molar-refractivity contribution in [2.75, 3.05) is 0 Å². The van der Waals surface area contributed by atoms with Crippen LogP contribution in [0.4, 0.5) is 0 Å². The first-order chi connectivity index (χ1) is 4.81. The number of hydrogen-bond donors (Lipinski definition) is 0. The van der Waals surface area contributed by atoms with Crippen LogP contribution >= 0.6 is 0 Å². The Morgan fingerprint density at radius 1 is 1.50 bits per heavy atom. The molecule has 1 radical (unpaired) electrons. The van der Waals surface area contributed by atoms with E-state index in [-0.39, 0.29) is 0 Å². The van der Waals surface area contributed by atoms with Gasteiger partial charge in [0.1, 0.15) is 0 Å². The minimum Gasteiger partial charge on any atom is -0.0625 e. The molecule has 0 aliphatic heterocycles. The van der Waals surface area contributed by atoms with E-state index in [1.807, 2.05) is 6.29 Å². The average Bonchev–Trinajstić information content (AvgIpc) is 1.98. The summed E-state index contributed by atoms with van der Waals surface area (Å²) in [6.45, 7) is 6.00. The van der Waals surface area contributed by atoms with Crippen molar-refractivity contribution in [3.63, 3.8) is 0 Å². The first-order valence-corrected chi connectivity index (χ1v) is 3.95. The van der Waals surface area contributed by atoms with E-state index < -0.39 is 0 Å². The van der Waals surface area contributed by atoms with Gasteiger partial charge in [-0.2, -0.15) is 0 Å². The molecule has 0 rings (SSSR count). The molecule has 0 saturated carbocycles. The maximum Gasteiger partial charge on any atom is 0.506 e. The Hall–Kier alpha value is -0.420. The van der Waals surface area contributed by atoms with Gasteiger partial charge in [0.15, 0.2) is 0 Å². The Bertz CT molecular complexity index is 78.8. The Kier molecular flexibility index (Phi) is 6.42. The summed E-state index contributed by atoms with van der Waals surface area (Å²) in [6.07, 6.45) is 6.84. The molecule has 0 saturated heterocycles. The van der Waals surface area contributed by atoms with E-state index in [1.54, 1.807) is 0 Å². The summed E-state index contributed by atoms with van der Waals surface area (Å²) in [5, 5.41) is 0. The predicted octanol–water partition coefficient (Wildman–Crippen LogP) is 2.52. The Morgan fingerprint density at radius 3 is 2.70 bits per heavy atom. The zero-order valence-corrected chi connectivity index (χ0v) is 6.73. The topological polar surface area (TPSA) is 17.1 Å². The van der Waals surface area contributed by atoms with Crippen molar-refractivity contribution in [2.45, 2.75) is 39.0 Å². The van der Waals surface area contributed by atoms with Crippen molar-refractivity contribution < 1.29 is 4.79 Å². The fourth-order valence-corrected chi connectivity index (χ4v) is 0.834. The molecular formula is C9H16O+. The lowest BCUT2D eigenvalue weighted by Crippen LogP contribution is -1.91. The van der Waals surface area contributed by atoms with E-state index in [2.05, 4.69) is 13.8 Å². The van der Waals surface area contributed by atoms with Crippen molar-refractivity contribution in [1.82, 2.24) is 0 Å². The van der Waals surface area contributed by atoms with E-state index in [1.165, 1.54) is 6.42 Å². The molecule has 0 N–H and O–H groups in total. The van der Waals surface area contributed by atoms with E-state index in [9.17, 15) is 4.79 Å². The van der Waals surface area contributed by atoms with Gasteiger partial charge in [-0.1, -0.05) is 26.7 Å². The van der Waals surface area contributed by atoms with Crippen LogP contribution in [0.2, 0.25) is 0 Å². The fraction of sp³-hybridized carbons (Fsp3) is 0.778. The van der Waals surface area contributed by atoms with Gasteiger partial charge < -0.3 is 0 Å². The van der Waals surface area contributed by atoms with Gasteiger partial charge in [0, 0.05) is 11.2 Å². The molecule has 0 amide bonds. The van der Waals surface area contributed by atoms with Gasteiger partial charge in [0.05, 0.1) is 0 Å². The molecule has 0 aliphatic rings. The molecule has 0 aromatic rings. The van der Waals surface area contributed by atoms with Crippen LogP contribution in [0.15, 0.2) is 0 Å². The highest BCUT2D eigenvalue weighted by atomic mass is 16.1. The quantitative estimate of drug-likeness (QED) is 0.409. The van der Waals surface area contributed by atoms with Crippen LogP contribution in [0.25, 0.3) is 0 Å². The van der Waals surface area contributed by atoms with Crippen molar-refractivity contribution in [3.8, 4) is 0 Å². The molecule has 1 atom stereocenters. The normalized spacial score (nSPS) is 12.6. The van der Waals surface area contributed by atoms with Crippen molar-refractivity contribution in [2.24, 2.45) is 5.92 Å². The second-order valence-corrected chi connectivity index (χ2v) is 2.78. The first-order valence-electron chi connectivity index (χ1n) is 3.95. The average molecular weight is 140 g/mol. The van der Waals surface area contributed by atoms with Crippen LogP contribution in [0.3, 0.4) is 0 Å². The van der Waals surface area contributed by atoms with E-state index in [0.29, 0.717) is 12.3 Å². The molecule has 0 heterocycles. The SMILES string of the molecule is [CH2]CC(C)CCCC[C+]=O. The van der Waals surface area contributed by atoms with Crippen LogP contribution < -0.4 is 0 Å². The Labute approximate surface area is 63.8 Å². The van der Waals surface area contributed by atoms with Gasteiger partial charge in [-0.15, -0.1) is 0 Å². The molecule has 0 aromatic carbocycles. The summed E-state index contributed by atoms with van der Waals surface area (Å²) in [5.74, 6) is 0.714. The van der Waals surface area contributed by atoms with Crippen LogP contribution in [-0.4, -0.2) is 6.29 Å². The van der Waals surface area contributed by atoms with Crippen molar-refractivity contribution in [1.29, 1.82) is 0 Å². The van der Waals surface area contributed by atoms with Gasteiger partial charge in [-0.25, -0.2) is 0 Å². The molecule has 0 fully saturated rings. The molecular weight excluding hydrogens is 124 g/mol. The minimum absolute atomic E-state index is 0.601. The molecule has 0 aromatic heterocycles. The lowest BCUT2D eigenvalue weighted by Gasteiger charge is -2.04.